The van der Waals surface area contributed by atoms with Crippen LogP contribution in [0.5, 0.6) is 5.75 Å². The Labute approximate surface area is 202 Å². The van der Waals surface area contributed by atoms with Crippen LogP contribution < -0.4 is 15.0 Å². The van der Waals surface area contributed by atoms with Gasteiger partial charge in [-0.1, -0.05) is 6.07 Å². The normalized spacial score (nSPS) is 19.1. The zero-order chi connectivity index (χ0) is 24.7. The largest absolute Gasteiger partial charge is 0.497 e. The van der Waals surface area contributed by atoms with Crippen molar-refractivity contribution in [1.29, 1.82) is 0 Å². The molecular formula is C25H24FN3O5S. The van der Waals surface area contributed by atoms with Gasteiger partial charge < -0.3 is 14.2 Å². The van der Waals surface area contributed by atoms with E-state index in [-0.39, 0.29) is 28.3 Å². The Morgan fingerprint density at radius 1 is 1.06 bits per heavy atom. The third-order valence-corrected chi connectivity index (χ3v) is 7.94. The van der Waals surface area contributed by atoms with Crippen LogP contribution in [-0.2, 0) is 16.6 Å². The lowest BCUT2D eigenvalue weighted by Crippen LogP contribution is -2.49. The summed E-state index contributed by atoms with van der Waals surface area (Å²) in [5, 5.41) is 0. The molecule has 0 saturated carbocycles. The van der Waals surface area contributed by atoms with E-state index in [0.717, 1.165) is 24.2 Å². The number of ether oxygens (including phenoxy) is 1. The van der Waals surface area contributed by atoms with E-state index in [4.69, 9.17) is 4.74 Å². The first-order valence-corrected chi connectivity index (χ1v) is 12.7. The van der Waals surface area contributed by atoms with Crippen molar-refractivity contribution in [2.45, 2.75) is 23.8 Å². The molecule has 182 valence electrons. The molecule has 0 aliphatic carbocycles. The number of hydrogen-bond acceptors (Lipinski definition) is 5. The zero-order valence-electron chi connectivity index (χ0n) is 19.0. The van der Waals surface area contributed by atoms with Crippen LogP contribution in [0.2, 0.25) is 0 Å². The minimum absolute atomic E-state index is 0.0359. The fourth-order valence-electron chi connectivity index (χ4n) is 4.94. The molecule has 1 N–H and O–H groups in total. The van der Waals surface area contributed by atoms with Crippen molar-refractivity contribution in [3.05, 3.63) is 88.1 Å². The Hall–Kier alpha value is -3.66. The lowest BCUT2D eigenvalue weighted by molar-refractivity contribution is 0.0594. The molecule has 3 aromatic rings. The first-order chi connectivity index (χ1) is 16.7. The molecule has 3 heterocycles. The third-order valence-electron chi connectivity index (χ3n) is 6.58. The van der Waals surface area contributed by atoms with Crippen LogP contribution in [0.4, 0.5) is 10.1 Å². The van der Waals surface area contributed by atoms with E-state index in [0.29, 0.717) is 30.9 Å². The molecule has 8 nitrogen and oxygen atoms in total. The topological polar surface area (TPSA) is 97.7 Å². The molecule has 0 radical (unpaired) electrons. The van der Waals surface area contributed by atoms with Gasteiger partial charge in [0.1, 0.15) is 17.3 Å². The smallest absolute Gasteiger partial charge is 0.275 e. The van der Waals surface area contributed by atoms with Crippen molar-refractivity contribution in [2.75, 3.05) is 24.9 Å². The lowest BCUT2D eigenvalue weighted by atomic mass is 9.83. The highest BCUT2D eigenvalue weighted by molar-refractivity contribution is 7.92. The predicted octanol–water partition coefficient (Wildman–Crippen LogP) is 3.06. The molecule has 1 aromatic heterocycles. The van der Waals surface area contributed by atoms with E-state index in [1.165, 1.54) is 18.2 Å². The number of fused-ring (bicyclic) bond motifs is 4. The summed E-state index contributed by atoms with van der Waals surface area (Å²) in [7, 11) is -2.56. The number of carbonyl (C=O) groups is 1. The number of benzene rings is 2. The fraction of sp³-hybridized carbons (Fsp3) is 0.280. The number of rotatable bonds is 5. The van der Waals surface area contributed by atoms with E-state index in [1.54, 1.807) is 42.0 Å². The molecule has 2 bridgehead atoms. The van der Waals surface area contributed by atoms with Gasteiger partial charge in [-0.15, -0.1) is 0 Å². The van der Waals surface area contributed by atoms with Crippen molar-refractivity contribution in [2.24, 2.45) is 5.92 Å². The second-order valence-corrected chi connectivity index (χ2v) is 10.6. The third kappa shape index (κ3) is 4.41. The van der Waals surface area contributed by atoms with Crippen molar-refractivity contribution in [1.82, 2.24) is 9.47 Å². The number of piperidine rings is 1. The first kappa shape index (κ1) is 23.1. The van der Waals surface area contributed by atoms with Crippen LogP contribution in [0.25, 0.3) is 0 Å². The standard InChI is InChI=1S/C25H24FN3O5S/c1-34-20-7-5-17(6-8-20)24(30)28-13-16-11-18(15-28)23-10-9-22(25(31)29(23)14-16)27-35(32,33)21-4-2-3-19(26)12-21/h2-10,12,16,18,27H,11,13-15H2,1H3/t16-,18-/m1/s1. The highest BCUT2D eigenvalue weighted by atomic mass is 32.2. The fourth-order valence-corrected chi connectivity index (χ4v) is 6.03. The minimum Gasteiger partial charge on any atom is -0.497 e. The molecule has 1 saturated heterocycles. The van der Waals surface area contributed by atoms with Crippen LogP contribution in [-0.4, -0.2) is 44.0 Å². The number of aromatic nitrogens is 1. The second-order valence-electron chi connectivity index (χ2n) is 8.89. The van der Waals surface area contributed by atoms with Crippen molar-refractivity contribution < 1.29 is 22.3 Å². The molecule has 35 heavy (non-hydrogen) atoms. The number of anilines is 1. The molecule has 10 heteroatoms. The Morgan fingerprint density at radius 2 is 1.83 bits per heavy atom. The number of amides is 1. The molecule has 1 fully saturated rings. The van der Waals surface area contributed by atoms with Gasteiger partial charge in [-0.05, 0) is 66.9 Å². The van der Waals surface area contributed by atoms with Gasteiger partial charge in [0.15, 0.2) is 0 Å². The number of pyridine rings is 1. The van der Waals surface area contributed by atoms with Gasteiger partial charge in [0.25, 0.3) is 21.5 Å². The van der Waals surface area contributed by atoms with Gasteiger partial charge in [0, 0.05) is 36.8 Å². The van der Waals surface area contributed by atoms with Gasteiger partial charge in [-0.2, -0.15) is 0 Å². The van der Waals surface area contributed by atoms with Gasteiger partial charge in [-0.3, -0.25) is 14.3 Å². The summed E-state index contributed by atoms with van der Waals surface area (Å²) < 4.78 is 47.9. The molecule has 1 amide bonds. The molecule has 2 aromatic carbocycles. The maximum atomic E-state index is 13.5. The Balaban J connectivity index is 1.38. The number of nitrogens with zero attached hydrogens (tertiary/aromatic N) is 2. The van der Waals surface area contributed by atoms with Crippen molar-refractivity contribution in [3.8, 4) is 5.75 Å². The number of hydrogen-bond donors (Lipinski definition) is 1. The highest BCUT2D eigenvalue weighted by Gasteiger charge is 2.37. The van der Waals surface area contributed by atoms with Gasteiger partial charge in [-0.25, -0.2) is 12.8 Å². The maximum absolute atomic E-state index is 13.5. The van der Waals surface area contributed by atoms with Crippen LogP contribution >= 0.6 is 0 Å². The average molecular weight is 498 g/mol. The summed E-state index contributed by atoms with van der Waals surface area (Å²) in [5.41, 5.74) is 0.800. The monoisotopic (exact) mass is 497 g/mol. The number of sulfonamides is 1. The number of carbonyl (C=O) groups excluding carboxylic acids is 1. The number of halogens is 1. The quantitative estimate of drug-likeness (QED) is 0.584. The molecule has 2 aliphatic heterocycles. The average Bonchev–Trinajstić information content (AvgIpc) is 2.85. The molecular weight excluding hydrogens is 473 g/mol. The van der Waals surface area contributed by atoms with E-state index in [9.17, 15) is 22.4 Å². The number of likely N-dealkylation sites (tertiary alicyclic amines) is 1. The molecule has 2 atom stereocenters. The van der Waals surface area contributed by atoms with Gasteiger partial charge in [0.05, 0.1) is 12.0 Å². The van der Waals surface area contributed by atoms with Crippen molar-refractivity contribution in [3.63, 3.8) is 0 Å². The first-order valence-electron chi connectivity index (χ1n) is 11.2. The van der Waals surface area contributed by atoms with E-state index in [1.807, 2.05) is 4.90 Å². The summed E-state index contributed by atoms with van der Waals surface area (Å²) >= 11 is 0. The Kier molecular flexibility index (Phi) is 5.84. The van der Waals surface area contributed by atoms with Crippen LogP contribution in [0, 0.1) is 11.7 Å². The predicted molar refractivity (Wildman–Crippen MR) is 128 cm³/mol. The summed E-state index contributed by atoms with van der Waals surface area (Å²) in [4.78, 5) is 27.8. The maximum Gasteiger partial charge on any atom is 0.275 e. The summed E-state index contributed by atoms with van der Waals surface area (Å²) in [5.74, 6) is -0.0501. The summed E-state index contributed by atoms with van der Waals surface area (Å²) in [6.07, 6.45) is 0.847. The number of methoxy groups -OCH3 is 1. The van der Waals surface area contributed by atoms with Crippen LogP contribution in [0.15, 0.2) is 70.4 Å². The van der Waals surface area contributed by atoms with Crippen LogP contribution in [0.3, 0.4) is 0 Å². The van der Waals surface area contributed by atoms with E-state index in [2.05, 4.69) is 4.72 Å². The Bertz CT molecular complexity index is 1450. The van der Waals surface area contributed by atoms with Gasteiger partial charge in [0.2, 0.25) is 0 Å². The molecule has 0 spiro atoms. The molecule has 5 rings (SSSR count). The minimum atomic E-state index is -4.12. The lowest BCUT2D eigenvalue weighted by Gasteiger charge is -2.43. The van der Waals surface area contributed by atoms with E-state index < -0.39 is 21.4 Å². The Morgan fingerprint density at radius 3 is 2.54 bits per heavy atom. The summed E-state index contributed by atoms with van der Waals surface area (Å²) in [6, 6.07) is 14.7. The number of nitrogens with one attached hydrogen (secondary N) is 1. The zero-order valence-corrected chi connectivity index (χ0v) is 19.8. The summed E-state index contributed by atoms with van der Waals surface area (Å²) in [6.45, 7) is 1.36. The van der Waals surface area contributed by atoms with Crippen LogP contribution in [0.1, 0.15) is 28.4 Å². The second kappa shape index (κ2) is 8.84. The van der Waals surface area contributed by atoms with E-state index >= 15 is 0 Å². The molecule has 2 aliphatic rings. The van der Waals surface area contributed by atoms with Gasteiger partial charge >= 0.3 is 0 Å². The molecule has 0 unspecified atom stereocenters. The van der Waals surface area contributed by atoms with Crippen molar-refractivity contribution >= 4 is 21.6 Å². The SMILES string of the molecule is COc1ccc(C(=O)N2C[C@H]3C[C@H](C2)c2ccc(NS(=O)(=O)c4cccc(F)c4)c(=O)n2C3)cc1. The highest BCUT2D eigenvalue weighted by Crippen LogP contribution is 2.36.